The van der Waals surface area contributed by atoms with Gasteiger partial charge in [-0.3, -0.25) is 14.5 Å². The number of hydrogen-bond donors (Lipinski definition) is 0. The lowest BCUT2D eigenvalue weighted by Gasteiger charge is -2.12. The van der Waals surface area contributed by atoms with Gasteiger partial charge >= 0.3 is 0 Å². The number of hydrogen-bond acceptors (Lipinski definition) is 3. The summed E-state index contributed by atoms with van der Waals surface area (Å²) in [6.45, 7) is 3.28. The summed E-state index contributed by atoms with van der Waals surface area (Å²) in [6, 6.07) is 26.8. The van der Waals surface area contributed by atoms with Gasteiger partial charge in [0, 0.05) is 35.8 Å². The molecular formula is C29H26N2O2S. The molecule has 0 spiro atoms. The molecule has 2 amide bonds. The Kier molecular flexibility index (Phi) is 6.37. The lowest BCUT2D eigenvalue weighted by molar-refractivity contribution is -0.122. The summed E-state index contributed by atoms with van der Waals surface area (Å²) in [5.41, 5.74) is 5.74. The Morgan fingerprint density at radius 2 is 1.65 bits per heavy atom. The number of aromatic nitrogens is 1. The minimum absolute atomic E-state index is 0.187. The molecule has 170 valence electrons. The highest BCUT2D eigenvalue weighted by molar-refractivity contribution is 8.18. The first-order valence-corrected chi connectivity index (χ1v) is 12.3. The van der Waals surface area contributed by atoms with Gasteiger partial charge in [0.1, 0.15) is 0 Å². The van der Waals surface area contributed by atoms with Crippen molar-refractivity contribution in [3.63, 3.8) is 0 Å². The SMILES string of the molecule is Cc1cccc(Cn2cc(/C=C3/SC(=O)N(CCCc4ccccc4)C3=O)c3ccccc32)c1. The molecule has 0 bridgehead atoms. The van der Waals surface area contributed by atoms with Crippen LogP contribution in [0.5, 0.6) is 0 Å². The molecular weight excluding hydrogens is 440 g/mol. The normalized spacial score (nSPS) is 15.1. The van der Waals surface area contributed by atoms with Crippen LogP contribution in [-0.2, 0) is 17.8 Å². The zero-order valence-electron chi connectivity index (χ0n) is 19.1. The van der Waals surface area contributed by atoms with Crippen LogP contribution < -0.4 is 0 Å². The average Bonchev–Trinajstić information content (AvgIpc) is 3.31. The Hall–Kier alpha value is -3.57. The Morgan fingerprint density at radius 3 is 2.47 bits per heavy atom. The maximum absolute atomic E-state index is 13.0. The van der Waals surface area contributed by atoms with Crippen molar-refractivity contribution < 1.29 is 9.59 Å². The predicted octanol–water partition coefficient (Wildman–Crippen LogP) is 6.67. The smallest absolute Gasteiger partial charge is 0.293 e. The second-order valence-electron chi connectivity index (χ2n) is 8.64. The van der Waals surface area contributed by atoms with Crippen LogP contribution in [0, 0.1) is 6.92 Å². The van der Waals surface area contributed by atoms with E-state index in [0.29, 0.717) is 11.4 Å². The topological polar surface area (TPSA) is 42.3 Å². The lowest BCUT2D eigenvalue weighted by atomic mass is 10.1. The highest BCUT2D eigenvalue weighted by atomic mass is 32.2. The highest BCUT2D eigenvalue weighted by Crippen LogP contribution is 2.34. The van der Waals surface area contributed by atoms with Gasteiger partial charge < -0.3 is 4.57 Å². The monoisotopic (exact) mass is 466 g/mol. The summed E-state index contributed by atoms with van der Waals surface area (Å²) < 4.78 is 2.21. The quantitative estimate of drug-likeness (QED) is 0.286. The largest absolute Gasteiger partial charge is 0.342 e. The first kappa shape index (κ1) is 22.2. The van der Waals surface area contributed by atoms with Gasteiger partial charge in [-0.05, 0) is 54.8 Å². The van der Waals surface area contributed by atoms with Crippen molar-refractivity contribution in [1.29, 1.82) is 0 Å². The van der Waals surface area contributed by atoms with Crippen molar-refractivity contribution in [2.75, 3.05) is 6.54 Å². The number of carbonyl (C=O) groups excluding carboxylic acids is 2. The van der Waals surface area contributed by atoms with Crippen LogP contribution >= 0.6 is 11.8 Å². The molecule has 1 saturated heterocycles. The number of imide groups is 1. The fourth-order valence-electron chi connectivity index (χ4n) is 4.45. The first-order chi connectivity index (χ1) is 16.6. The van der Waals surface area contributed by atoms with E-state index in [2.05, 4.69) is 66.2 Å². The highest BCUT2D eigenvalue weighted by Gasteiger charge is 2.34. The van der Waals surface area contributed by atoms with Crippen LogP contribution in [0.25, 0.3) is 17.0 Å². The molecule has 0 radical (unpaired) electrons. The maximum atomic E-state index is 13.0. The minimum atomic E-state index is -0.196. The van der Waals surface area contributed by atoms with Crippen LogP contribution in [0.3, 0.4) is 0 Å². The van der Waals surface area contributed by atoms with Crippen molar-refractivity contribution in [3.8, 4) is 0 Å². The van der Waals surface area contributed by atoms with Crippen molar-refractivity contribution in [3.05, 3.63) is 112 Å². The molecule has 5 heteroatoms. The van der Waals surface area contributed by atoms with Gasteiger partial charge in [-0.2, -0.15) is 0 Å². The van der Waals surface area contributed by atoms with Gasteiger partial charge in [0.05, 0.1) is 4.91 Å². The minimum Gasteiger partial charge on any atom is -0.342 e. The summed E-state index contributed by atoms with van der Waals surface area (Å²) >= 11 is 1.04. The molecule has 1 fully saturated rings. The summed E-state index contributed by atoms with van der Waals surface area (Å²) in [5, 5.41) is 0.888. The second kappa shape index (κ2) is 9.74. The number of amides is 2. The molecule has 5 rings (SSSR count). The molecule has 2 heterocycles. The zero-order valence-corrected chi connectivity index (χ0v) is 19.9. The number of aryl methyl sites for hydroxylation is 2. The van der Waals surface area contributed by atoms with E-state index in [1.54, 1.807) is 0 Å². The van der Waals surface area contributed by atoms with E-state index in [0.717, 1.165) is 47.6 Å². The molecule has 3 aromatic carbocycles. The van der Waals surface area contributed by atoms with E-state index < -0.39 is 0 Å². The van der Waals surface area contributed by atoms with Crippen LogP contribution in [0.2, 0.25) is 0 Å². The molecule has 1 aliphatic heterocycles. The van der Waals surface area contributed by atoms with E-state index >= 15 is 0 Å². The number of rotatable bonds is 7. The van der Waals surface area contributed by atoms with Gasteiger partial charge in [-0.25, -0.2) is 0 Å². The molecule has 1 aromatic heterocycles. The van der Waals surface area contributed by atoms with Crippen molar-refractivity contribution in [1.82, 2.24) is 9.47 Å². The van der Waals surface area contributed by atoms with E-state index in [1.165, 1.54) is 21.6 Å². The number of fused-ring (bicyclic) bond motifs is 1. The Morgan fingerprint density at radius 1 is 0.882 bits per heavy atom. The number of para-hydroxylation sites is 1. The average molecular weight is 467 g/mol. The van der Waals surface area contributed by atoms with Gasteiger partial charge in [0.25, 0.3) is 11.1 Å². The number of benzene rings is 3. The van der Waals surface area contributed by atoms with E-state index in [9.17, 15) is 9.59 Å². The third-order valence-electron chi connectivity index (χ3n) is 6.10. The third-order valence-corrected chi connectivity index (χ3v) is 7.01. The van der Waals surface area contributed by atoms with E-state index in [1.807, 2.05) is 36.4 Å². The van der Waals surface area contributed by atoms with Crippen LogP contribution in [-0.4, -0.2) is 27.2 Å². The fourth-order valence-corrected chi connectivity index (χ4v) is 5.30. The van der Waals surface area contributed by atoms with E-state index in [4.69, 9.17) is 0 Å². The summed E-state index contributed by atoms with van der Waals surface area (Å²) in [7, 11) is 0. The third kappa shape index (κ3) is 4.70. The Bertz CT molecular complexity index is 1390. The molecule has 0 atom stereocenters. The second-order valence-corrected chi connectivity index (χ2v) is 9.63. The molecule has 1 aliphatic rings. The number of nitrogens with zero attached hydrogens (tertiary/aromatic N) is 2. The number of thioether (sulfide) groups is 1. The first-order valence-electron chi connectivity index (χ1n) is 11.5. The van der Waals surface area contributed by atoms with Gasteiger partial charge in [-0.15, -0.1) is 0 Å². The van der Waals surface area contributed by atoms with Gasteiger partial charge in [-0.1, -0.05) is 78.4 Å². The molecule has 0 saturated carbocycles. The van der Waals surface area contributed by atoms with Gasteiger partial charge in [0.15, 0.2) is 0 Å². The Labute approximate surface area is 203 Å². The maximum Gasteiger partial charge on any atom is 0.293 e. The van der Waals surface area contributed by atoms with Crippen molar-refractivity contribution in [2.45, 2.75) is 26.3 Å². The molecule has 34 heavy (non-hydrogen) atoms. The van der Waals surface area contributed by atoms with Gasteiger partial charge in [0.2, 0.25) is 0 Å². The van der Waals surface area contributed by atoms with Crippen LogP contribution in [0.4, 0.5) is 4.79 Å². The number of carbonyl (C=O) groups is 2. The summed E-state index contributed by atoms with van der Waals surface area (Å²) in [5.74, 6) is -0.196. The lowest BCUT2D eigenvalue weighted by Crippen LogP contribution is -2.29. The Balaban J connectivity index is 1.36. The molecule has 4 nitrogen and oxygen atoms in total. The predicted molar refractivity (Wildman–Crippen MR) is 140 cm³/mol. The molecule has 4 aromatic rings. The molecule has 0 unspecified atom stereocenters. The zero-order chi connectivity index (χ0) is 23.5. The standard InChI is InChI=1S/C29H26N2O2S/c1-21-9-7-12-23(17-21)19-30-20-24(25-14-5-6-15-26(25)30)18-27-28(32)31(29(33)34-27)16-8-13-22-10-3-2-4-11-22/h2-7,9-12,14-15,17-18,20H,8,13,16,19H2,1H3/b27-18+. The van der Waals surface area contributed by atoms with Crippen LogP contribution in [0.1, 0.15) is 28.7 Å². The van der Waals surface area contributed by atoms with Crippen molar-refractivity contribution >= 4 is 39.9 Å². The van der Waals surface area contributed by atoms with E-state index in [-0.39, 0.29) is 11.1 Å². The van der Waals surface area contributed by atoms with Crippen molar-refractivity contribution in [2.24, 2.45) is 0 Å². The summed E-state index contributed by atoms with van der Waals surface area (Å²) in [4.78, 5) is 27.5. The van der Waals surface area contributed by atoms with Crippen LogP contribution in [0.15, 0.2) is 90.0 Å². The summed E-state index contributed by atoms with van der Waals surface area (Å²) in [6.07, 6.45) is 5.55. The fraction of sp³-hybridized carbons (Fsp3) is 0.172. The molecule has 0 N–H and O–H groups in total. The molecule has 0 aliphatic carbocycles.